The number of carboxylic acids is 1. The predicted molar refractivity (Wildman–Crippen MR) is 67.5 cm³/mol. The molecule has 2 rings (SSSR count). The Hall–Kier alpha value is -1.38. The molecule has 3 unspecified atom stereocenters. The molecule has 2 N–H and O–H groups in total. The van der Waals surface area contributed by atoms with Gasteiger partial charge in [0.15, 0.2) is 0 Å². The first-order chi connectivity index (χ1) is 9.59. The lowest BCUT2D eigenvalue weighted by Gasteiger charge is -2.28. The van der Waals surface area contributed by atoms with Crippen LogP contribution in [0.1, 0.15) is 0 Å². The number of carbonyl (C=O) groups excluding carboxylic acids is 1. The van der Waals surface area contributed by atoms with Gasteiger partial charge in [-0.2, -0.15) is 0 Å². The summed E-state index contributed by atoms with van der Waals surface area (Å²) in [5.74, 6) is -1.63. The average Bonchev–Trinajstić information content (AvgIpc) is 2.94. The van der Waals surface area contributed by atoms with Crippen molar-refractivity contribution < 1.29 is 28.9 Å². The normalized spacial score (nSPS) is 29.9. The second kappa shape index (κ2) is 6.87. The molecule has 2 heterocycles. The molecule has 2 fully saturated rings. The van der Waals surface area contributed by atoms with Crippen molar-refractivity contribution in [1.82, 2.24) is 10.2 Å². The van der Waals surface area contributed by atoms with Gasteiger partial charge in [0.25, 0.3) is 0 Å². The number of likely N-dealkylation sites (N-methyl/N-ethyl adjacent to an activating group) is 1. The molecule has 0 aromatic rings. The number of nitrogens with zero attached hydrogens (tertiary/aromatic N) is 1. The van der Waals surface area contributed by atoms with Crippen LogP contribution in [0, 0.1) is 5.92 Å². The summed E-state index contributed by atoms with van der Waals surface area (Å²) in [6.07, 6.45) is -0.156. The number of urea groups is 1. The highest BCUT2D eigenvalue weighted by Crippen LogP contribution is 2.19. The van der Waals surface area contributed by atoms with E-state index in [9.17, 15) is 9.59 Å². The first-order valence-electron chi connectivity index (χ1n) is 6.60. The number of rotatable bonds is 4. The fraction of sp³-hybridized carbons (Fsp3) is 0.833. The highest BCUT2D eigenvalue weighted by molar-refractivity contribution is 5.77. The van der Waals surface area contributed by atoms with E-state index < -0.39 is 17.9 Å². The lowest BCUT2D eigenvalue weighted by molar-refractivity contribution is -0.142. The molecule has 2 aliphatic heterocycles. The van der Waals surface area contributed by atoms with Crippen LogP contribution >= 0.6 is 0 Å². The van der Waals surface area contributed by atoms with E-state index in [4.69, 9.17) is 19.3 Å². The van der Waals surface area contributed by atoms with Crippen molar-refractivity contribution in [2.75, 3.05) is 46.6 Å². The second-order valence-electron chi connectivity index (χ2n) is 4.91. The van der Waals surface area contributed by atoms with E-state index in [1.54, 1.807) is 7.05 Å². The van der Waals surface area contributed by atoms with Crippen LogP contribution in [-0.4, -0.2) is 80.8 Å². The van der Waals surface area contributed by atoms with E-state index in [2.05, 4.69) is 5.32 Å². The third kappa shape index (κ3) is 3.59. The van der Waals surface area contributed by atoms with Crippen molar-refractivity contribution in [3.63, 3.8) is 0 Å². The van der Waals surface area contributed by atoms with E-state index in [-0.39, 0.29) is 25.3 Å². The van der Waals surface area contributed by atoms with Gasteiger partial charge in [0, 0.05) is 13.6 Å². The summed E-state index contributed by atoms with van der Waals surface area (Å²) in [5, 5.41) is 11.8. The zero-order valence-corrected chi connectivity index (χ0v) is 11.4. The van der Waals surface area contributed by atoms with Gasteiger partial charge in [-0.15, -0.1) is 0 Å². The number of ether oxygens (including phenoxy) is 3. The number of nitrogens with one attached hydrogen (secondary N) is 1. The standard InChI is InChI=1S/C12H20N2O6/c1-14(10-7-19-6-9(10)11(15)16)12(17)13-4-8-5-18-2-3-20-8/h8-10H,2-7H2,1H3,(H,13,17)(H,15,16). The van der Waals surface area contributed by atoms with Crippen LogP contribution in [0.4, 0.5) is 4.79 Å². The van der Waals surface area contributed by atoms with Crippen molar-refractivity contribution in [3.8, 4) is 0 Å². The molecule has 114 valence electrons. The van der Waals surface area contributed by atoms with Crippen LogP contribution in [0.15, 0.2) is 0 Å². The summed E-state index contributed by atoms with van der Waals surface area (Å²) < 4.78 is 15.8. The molecule has 0 radical (unpaired) electrons. The maximum absolute atomic E-state index is 12.0. The number of hydrogen-bond donors (Lipinski definition) is 2. The molecular weight excluding hydrogens is 268 g/mol. The lowest BCUT2D eigenvalue weighted by Crippen LogP contribution is -2.50. The molecule has 20 heavy (non-hydrogen) atoms. The molecule has 8 nitrogen and oxygen atoms in total. The highest BCUT2D eigenvalue weighted by Gasteiger charge is 2.38. The molecule has 2 aliphatic rings. The number of carboxylic acid groups (broad SMARTS) is 1. The van der Waals surface area contributed by atoms with Crippen LogP contribution < -0.4 is 5.32 Å². The zero-order valence-electron chi connectivity index (χ0n) is 11.4. The summed E-state index contributed by atoms with van der Waals surface area (Å²) in [6, 6.07) is -0.781. The molecular formula is C12H20N2O6. The summed E-state index contributed by atoms with van der Waals surface area (Å²) >= 11 is 0. The van der Waals surface area contributed by atoms with Gasteiger partial charge >= 0.3 is 12.0 Å². The number of hydrogen-bond acceptors (Lipinski definition) is 5. The predicted octanol–water partition coefficient (Wildman–Crippen LogP) is -0.857. The van der Waals surface area contributed by atoms with Gasteiger partial charge in [0.2, 0.25) is 0 Å². The molecule has 0 bridgehead atoms. The largest absolute Gasteiger partial charge is 0.481 e. The SMILES string of the molecule is CN(C(=O)NCC1COCCO1)C1COCC1C(=O)O. The van der Waals surface area contributed by atoms with Crippen molar-refractivity contribution in [1.29, 1.82) is 0 Å². The van der Waals surface area contributed by atoms with Crippen LogP contribution in [0.3, 0.4) is 0 Å². The van der Waals surface area contributed by atoms with Crippen molar-refractivity contribution in [3.05, 3.63) is 0 Å². The molecule has 8 heteroatoms. The zero-order chi connectivity index (χ0) is 14.5. The van der Waals surface area contributed by atoms with E-state index in [0.717, 1.165) is 0 Å². The Bertz CT molecular complexity index is 358. The van der Waals surface area contributed by atoms with Crippen LogP contribution in [0.5, 0.6) is 0 Å². The smallest absolute Gasteiger partial charge is 0.317 e. The van der Waals surface area contributed by atoms with Crippen LogP contribution in [0.25, 0.3) is 0 Å². The van der Waals surface area contributed by atoms with Gasteiger partial charge in [-0.25, -0.2) is 4.79 Å². The molecule has 0 aromatic carbocycles. The number of amides is 2. The van der Waals surface area contributed by atoms with Crippen molar-refractivity contribution >= 4 is 12.0 Å². The van der Waals surface area contributed by atoms with Gasteiger partial charge in [-0.3, -0.25) is 4.79 Å². The monoisotopic (exact) mass is 288 g/mol. The van der Waals surface area contributed by atoms with Gasteiger partial charge in [0.05, 0.1) is 45.2 Å². The molecule has 2 amide bonds. The fourth-order valence-electron chi connectivity index (χ4n) is 2.29. The third-order valence-corrected chi connectivity index (χ3v) is 3.55. The summed E-state index contributed by atoms with van der Waals surface area (Å²) in [5.41, 5.74) is 0. The quantitative estimate of drug-likeness (QED) is 0.699. The Kier molecular flexibility index (Phi) is 5.16. The van der Waals surface area contributed by atoms with Gasteiger partial charge in [-0.05, 0) is 0 Å². The maximum Gasteiger partial charge on any atom is 0.317 e. The van der Waals surface area contributed by atoms with E-state index >= 15 is 0 Å². The Balaban J connectivity index is 1.80. The minimum absolute atomic E-state index is 0.136. The average molecular weight is 288 g/mol. The van der Waals surface area contributed by atoms with Gasteiger partial charge in [0.1, 0.15) is 5.92 Å². The molecule has 3 atom stereocenters. The Morgan fingerprint density at radius 3 is 2.70 bits per heavy atom. The van der Waals surface area contributed by atoms with E-state index in [1.165, 1.54) is 4.90 Å². The molecule has 2 saturated heterocycles. The first-order valence-corrected chi connectivity index (χ1v) is 6.60. The summed E-state index contributed by atoms with van der Waals surface area (Å²) in [6.45, 7) is 2.27. The van der Waals surface area contributed by atoms with Crippen LogP contribution in [-0.2, 0) is 19.0 Å². The van der Waals surface area contributed by atoms with Crippen LogP contribution in [0.2, 0.25) is 0 Å². The highest BCUT2D eigenvalue weighted by atomic mass is 16.6. The molecule has 0 spiro atoms. The molecule has 0 saturated carbocycles. The Labute approximate surface area is 117 Å². The van der Waals surface area contributed by atoms with E-state index in [0.29, 0.717) is 26.4 Å². The fourth-order valence-corrected chi connectivity index (χ4v) is 2.29. The minimum atomic E-state index is -0.948. The number of carbonyl (C=O) groups is 2. The van der Waals surface area contributed by atoms with Crippen molar-refractivity contribution in [2.45, 2.75) is 12.1 Å². The maximum atomic E-state index is 12.0. The molecule has 0 aromatic heterocycles. The summed E-state index contributed by atoms with van der Waals surface area (Å²) in [7, 11) is 1.57. The Morgan fingerprint density at radius 1 is 1.25 bits per heavy atom. The van der Waals surface area contributed by atoms with Crippen molar-refractivity contribution in [2.24, 2.45) is 5.92 Å². The van der Waals surface area contributed by atoms with Gasteiger partial charge < -0.3 is 29.5 Å². The molecule has 0 aliphatic carbocycles. The lowest BCUT2D eigenvalue weighted by atomic mass is 10.0. The third-order valence-electron chi connectivity index (χ3n) is 3.55. The summed E-state index contributed by atoms with van der Waals surface area (Å²) in [4.78, 5) is 24.5. The minimum Gasteiger partial charge on any atom is -0.481 e. The van der Waals surface area contributed by atoms with E-state index in [1.807, 2.05) is 0 Å². The first kappa shape index (κ1) is 15.0. The number of aliphatic carboxylic acids is 1. The Morgan fingerprint density at radius 2 is 2.05 bits per heavy atom. The van der Waals surface area contributed by atoms with Gasteiger partial charge in [-0.1, -0.05) is 0 Å². The second-order valence-corrected chi connectivity index (χ2v) is 4.91. The topological polar surface area (TPSA) is 97.3 Å².